The van der Waals surface area contributed by atoms with Crippen LogP contribution in [0.3, 0.4) is 0 Å². The Balaban J connectivity index is 1.27. The van der Waals surface area contributed by atoms with E-state index in [1.807, 2.05) is 25.1 Å². The number of ether oxygens (including phenoxy) is 2. The van der Waals surface area contributed by atoms with Crippen LogP contribution in [0.15, 0.2) is 48.6 Å². The Labute approximate surface area is 271 Å². The zero-order valence-electron chi connectivity index (χ0n) is 25.8. The Morgan fingerprint density at radius 3 is 2.76 bits per heavy atom. The number of carbonyl (C=O) groups is 1. The summed E-state index contributed by atoms with van der Waals surface area (Å²) in [4.78, 5) is 16.0. The molecule has 1 saturated heterocycles. The Hall–Kier alpha value is -2.59. The topological polar surface area (TPSA) is 105 Å². The average Bonchev–Trinajstić information content (AvgIpc) is 3.10. The number of aryl methyl sites for hydroxylation is 1. The molecule has 1 amide bonds. The molecule has 0 aromatic heterocycles. The normalized spacial score (nSPS) is 35.0. The first-order valence-electron chi connectivity index (χ1n) is 16.4. The lowest BCUT2D eigenvalue weighted by atomic mass is 9.68. The van der Waals surface area contributed by atoms with Gasteiger partial charge in [0.15, 0.2) is 0 Å². The summed E-state index contributed by atoms with van der Waals surface area (Å²) in [5.74, 6) is 0.153. The maximum absolute atomic E-state index is 13.7. The van der Waals surface area contributed by atoms with E-state index >= 15 is 0 Å². The van der Waals surface area contributed by atoms with Crippen LogP contribution in [0.2, 0.25) is 5.02 Å². The van der Waals surface area contributed by atoms with Crippen LogP contribution in [0.5, 0.6) is 5.75 Å². The van der Waals surface area contributed by atoms with Crippen molar-refractivity contribution in [1.82, 2.24) is 4.72 Å². The number of hydrogen-bond donors (Lipinski definition) is 2. The number of carbonyl (C=O) groups excluding carboxylic acids is 1. The van der Waals surface area contributed by atoms with E-state index in [1.165, 1.54) is 11.1 Å². The highest BCUT2D eigenvalue weighted by Gasteiger charge is 2.44. The molecule has 2 bridgehead atoms. The molecule has 2 aromatic rings. The first kappa shape index (κ1) is 31.0. The van der Waals surface area contributed by atoms with E-state index in [-0.39, 0.29) is 34.8 Å². The largest absolute Gasteiger partial charge is 0.490 e. The van der Waals surface area contributed by atoms with E-state index in [0.717, 1.165) is 49.2 Å². The average molecular weight is 655 g/mol. The number of hydrogen-bond acceptors (Lipinski definition) is 7. The molecule has 2 aromatic carbocycles. The molecule has 1 spiro atoms. The maximum atomic E-state index is 13.7. The lowest BCUT2D eigenvalue weighted by molar-refractivity contribution is -0.0564. The predicted molar refractivity (Wildman–Crippen MR) is 175 cm³/mol. The molecule has 3 heterocycles. The third kappa shape index (κ3) is 6.01. The number of aliphatic hydroxyl groups is 1. The summed E-state index contributed by atoms with van der Waals surface area (Å²) in [6.07, 6.45) is 9.55. The Morgan fingerprint density at radius 2 is 2.00 bits per heavy atom. The molecule has 5 aliphatic rings. The van der Waals surface area contributed by atoms with Gasteiger partial charge in [0, 0.05) is 35.7 Å². The van der Waals surface area contributed by atoms with E-state index in [1.54, 1.807) is 18.2 Å². The second kappa shape index (κ2) is 12.2. The van der Waals surface area contributed by atoms with Crippen molar-refractivity contribution in [3.63, 3.8) is 0 Å². The summed E-state index contributed by atoms with van der Waals surface area (Å²) in [6, 6.07) is 11.4. The van der Waals surface area contributed by atoms with Crippen molar-refractivity contribution in [2.75, 3.05) is 31.2 Å². The van der Waals surface area contributed by atoms with Crippen molar-refractivity contribution in [3.8, 4) is 5.75 Å². The van der Waals surface area contributed by atoms with E-state index in [2.05, 4.69) is 21.8 Å². The molecule has 8 nitrogen and oxygen atoms in total. The minimum Gasteiger partial charge on any atom is -0.490 e. The number of aliphatic hydroxyl groups excluding tert-OH is 1. The standard InChI is InChI=1S/C35H43ClN2O6S/c1-22-4-2-6-31(39)28-10-7-25(28)19-38-20-35(14-3-5-23-16-26(36)9-11-29(23)35)21-44-32-12-8-24(17-30(32)38)34(40)37-45(41,42)33(22)18-27-13-15-43-27/h2,6,8-9,11-12,16-17,22,25,27-28,31,33,39H,3-5,7,10,13-15,18-21H2,1H3,(H,37,40)/b6-2-/t22-,25-,27-,28+,31-,33-,35-/m0/s1. The summed E-state index contributed by atoms with van der Waals surface area (Å²) in [6.45, 7) is 4.41. The fraction of sp³-hybridized carbons (Fsp3) is 0.571. The van der Waals surface area contributed by atoms with Crippen LogP contribution >= 0.6 is 11.6 Å². The second-order valence-electron chi connectivity index (χ2n) is 14.0. The molecule has 1 saturated carbocycles. The highest BCUT2D eigenvalue weighted by molar-refractivity contribution is 7.90. The van der Waals surface area contributed by atoms with Crippen molar-refractivity contribution in [2.45, 2.75) is 81.2 Å². The number of fused-ring (bicyclic) bond motifs is 4. The molecular formula is C35H43ClN2O6S. The third-order valence-electron chi connectivity index (χ3n) is 11.1. The quantitative estimate of drug-likeness (QED) is 0.418. The van der Waals surface area contributed by atoms with Gasteiger partial charge in [-0.25, -0.2) is 13.1 Å². The maximum Gasteiger partial charge on any atom is 0.264 e. The zero-order chi connectivity index (χ0) is 31.3. The van der Waals surface area contributed by atoms with E-state index in [9.17, 15) is 18.3 Å². The van der Waals surface area contributed by atoms with Crippen molar-refractivity contribution < 1.29 is 27.8 Å². The van der Waals surface area contributed by atoms with E-state index < -0.39 is 27.3 Å². The molecule has 242 valence electrons. The summed E-state index contributed by atoms with van der Waals surface area (Å²) >= 11 is 6.41. The molecule has 2 aliphatic carbocycles. The minimum absolute atomic E-state index is 0.111. The highest BCUT2D eigenvalue weighted by Crippen LogP contribution is 2.47. The number of nitrogens with one attached hydrogen (secondary N) is 1. The van der Waals surface area contributed by atoms with Crippen LogP contribution in [-0.2, 0) is 26.6 Å². The van der Waals surface area contributed by atoms with Gasteiger partial charge in [0.05, 0.1) is 29.8 Å². The number of amides is 1. The molecule has 7 rings (SSSR count). The predicted octanol–water partition coefficient (Wildman–Crippen LogP) is 5.40. The fourth-order valence-electron chi connectivity index (χ4n) is 8.19. The van der Waals surface area contributed by atoms with Gasteiger partial charge in [-0.3, -0.25) is 4.79 Å². The number of halogens is 1. The first-order valence-corrected chi connectivity index (χ1v) is 18.4. The van der Waals surface area contributed by atoms with Gasteiger partial charge in [-0.2, -0.15) is 0 Å². The molecule has 10 heteroatoms. The van der Waals surface area contributed by atoms with Gasteiger partial charge in [-0.15, -0.1) is 0 Å². The summed E-state index contributed by atoms with van der Waals surface area (Å²) in [5, 5.41) is 11.2. The lowest BCUT2D eigenvalue weighted by Crippen LogP contribution is -2.49. The van der Waals surface area contributed by atoms with Crippen LogP contribution in [0.1, 0.15) is 73.4 Å². The summed E-state index contributed by atoms with van der Waals surface area (Å²) in [5.41, 5.74) is 3.30. The van der Waals surface area contributed by atoms with Gasteiger partial charge >= 0.3 is 0 Å². The second-order valence-corrected chi connectivity index (χ2v) is 16.3. The van der Waals surface area contributed by atoms with Gasteiger partial charge in [-0.1, -0.05) is 36.7 Å². The Morgan fingerprint density at radius 1 is 1.16 bits per heavy atom. The number of rotatable bonds is 2. The van der Waals surface area contributed by atoms with Gasteiger partial charge in [0.1, 0.15) is 5.75 Å². The van der Waals surface area contributed by atoms with Crippen LogP contribution in [-0.4, -0.2) is 63.2 Å². The number of nitrogens with zero attached hydrogens (tertiary/aromatic N) is 1. The lowest BCUT2D eigenvalue weighted by Gasteiger charge is -2.45. The zero-order valence-corrected chi connectivity index (χ0v) is 27.4. The molecule has 7 atom stereocenters. The van der Waals surface area contributed by atoms with Crippen LogP contribution < -0.4 is 14.4 Å². The van der Waals surface area contributed by atoms with Crippen LogP contribution in [0.25, 0.3) is 0 Å². The number of benzene rings is 2. The molecule has 2 N–H and O–H groups in total. The van der Waals surface area contributed by atoms with Crippen molar-refractivity contribution in [1.29, 1.82) is 0 Å². The first-order chi connectivity index (χ1) is 21.6. The summed E-state index contributed by atoms with van der Waals surface area (Å²) in [7, 11) is -4.02. The monoisotopic (exact) mass is 654 g/mol. The number of sulfonamides is 1. The van der Waals surface area contributed by atoms with Crippen LogP contribution in [0, 0.1) is 17.8 Å². The highest BCUT2D eigenvalue weighted by atomic mass is 35.5. The smallest absolute Gasteiger partial charge is 0.264 e. The SMILES string of the molecule is C[C@H]1C/C=C\[C@H](O)[C@@H]2CC[C@H]2CN2C[C@@]3(CCCc4cc(Cl)ccc43)COc3ccc(cc32)C(=O)NS(=O)(=O)[C@H]1C[C@@H]1CCO1. The molecule has 3 aliphatic heterocycles. The molecule has 0 unspecified atom stereocenters. The number of allylic oxidation sites excluding steroid dienone is 1. The molecular weight excluding hydrogens is 612 g/mol. The minimum atomic E-state index is -4.02. The fourth-order valence-corrected chi connectivity index (χ4v) is 10.1. The van der Waals surface area contributed by atoms with Crippen molar-refractivity contribution in [3.05, 3.63) is 70.3 Å². The molecule has 0 radical (unpaired) electrons. The van der Waals surface area contributed by atoms with E-state index in [0.29, 0.717) is 44.9 Å². The van der Waals surface area contributed by atoms with E-state index in [4.69, 9.17) is 21.1 Å². The van der Waals surface area contributed by atoms with Gasteiger partial charge < -0.3 is 19.5 Å². The van der Waals surface area contributed by atoms with Crippen molar-refractivity contribution >= 4 is 33.2 Å². The summed E-state index contributed by atoms with van der Waals surface area (Å²) < 4.78 is 42.1. The van der Waals surface area contributed by atoms with Crippen LogP contribution in [0.4, 0.5) is 5.69 Å². The Kier molecular flexibility index (Phi) is 8.42. The van der Waals surface area contributed by atoms with Gasteiger partial charge in [0.25, 0.3) is 5.91 Å². The third-order valence-corrected chi connectivity index (χ3v) is 13.2. The van der Waals surface area contributed by atoms with Crippen molar-refractivity contribution in [2.24, 2.45) is 17.8 Å². The Bertz CT molecular complexity index is 1590. The van der Waals surface area contributed by atoms with Gasteiger partial charge in [-0.05, 0) is 111 Å². The molecule has 2 fully saturated rings. The molecule has 45 heavy (non-hydrogen) atoms. The van der Waals surface area contributed by atoms with Gasteiger partial charge in [0.2, 0.25) is 10.0 Å². The number of anilines is 1.